The average Bonchev–Trinajstić information content (AvgIpc) is 3.30. The van der Waals surface area contributed by atoms with Crippen LogP contribution in [0.15, 0.2) is 18.2 Å². The van der Waals surface area contributed by atoms with Crippen molar-refractivity contribution in [2.75, 3.05) is 38.1 Å². The third kappa shape index (κ3) is 6.08. The average molecular weight is 466 g/mol. The molecular weight excluding hydrogens is 434 g/mol. The van der Waals surface area contributed by atoms with Gasteiger partial charge in [0.1, 0.15) is 5.82 Å². The zero-order valence-electron chi connectivity index (χ0n) is 18.5. The first-order chi connectivity index (χ1) is 14.8. The molecule has 2 aromatic heterocycles. The van der Waals surface area contributed by atoms with Crippen molar-refractivity contribution in [1.82, 2.24) is 20.0 Å². The summed E-state index contributed by atoms with van der Waals surface area (Å²) in [5, 5.41) is 11.7. The number of hydrogen-bond donors (Lipinski definition) is 2. The minimum atomic E-state index is -0.530. The molecule has 7 nitrogen and oxygen atoms in total. The SMILES string of the molecule is CC(C)(C)C(=O)n1nc(C2CN(CCOC3CC3)CCN2)cc1NCc1ccc(Cl)s1. The van der Waals surface area contributed by atoms with Crippen molar-refractivity contribution in [2.45, 2.75) is 52.3 Å². The summed E-state index contributed by atoms with van der Waals surface area (Å²) in [5.74, 6) is 0.686. The highest BCUT2D eigenvalue weighted by Gasteiger charge is 2.30. The highest BCUT2D eigenvalue weighted by Crippen LogP contribution is 2.27. The molecule has 3 heterocycles. The summed E-state index contributed by atoms with van der Waals surface area (Å²) in [7, 11) is 0. The van der Waals surface area contributed by atoms with E-state index < -0.39 is 5.41 Å². The van der Waals surface area contributed by atoms with E-state index in [4.69, 9.17) is 21.4 Å². The Morgan fingerprint density at radius 2 is 2.19 bits per heavy atom. The monoisotopic (exact) mass is 465 g/mol. The Kier molecular flexibility index (Phi) is 7.03. The zero-order chi connectivity index (χ0) is 22.0. The molecular formula is C22H32ClN5O2S. The van der Waals surface area contributed by atoms with E-state index >= 15 is 0 Å². The van der Waals surface area contributed by atoms with Gasteiger partial charge in [-0.15, -0.1) is 11.3 Å². The molecule has 0 aromatic carbocycles. The number of thiophene rings is 1. The van der Waals surface area contributed by atoms with Crippen LogP contribution in [-0.2, 0) is 11.3 Å². The summed E-state index contributed by atoms with van der Waals surface area (Å²) in [6.07, 6.45) is 2.90. The standard InChI is InChI=1S/C22H32ClN5O2S/c1-22(2,3)21(29)28-20(25-13-16-6-7-19(23)31-16)12-17(26-28)18-14-27(9-8-24-18)10-11-30-15-4-5-15/h6-7,12,15,18,24-25H,4-5,8-11,13-14H2,1-3H3. The number of ether oxygens (including phenoxy) is 1. The first kappa shape index (κ1) is 22.7. The number of carbonyl (C=O) groups is 1. The molecule has 2 N–H and O–H groups in total. The molecule has 2 fully saturated rings. The maximum Gasteiger partial charge on any atom is 0.254 e. The van der Waals surface area contributed by atoms with E-state index in [1.807, 2.05) is 39.0 Å². The summed E-state index contributed by atoms with van der Waals surface area (Å²) < 4.78 is 8.11. The van der Waals surface area contributed by atoms with Crippen molar-refractivity contribution >= 4 is 34.7 Å². The summed E-state index contributed by atoms with van der Waals surface area (Å²) >= 11 is 7.59. The van der Waals surface area contributed by atoms with Crippen LogP contribution in [0.2, 0.25) is 4.34 Å². The number of anilines is 1. The zero-order valence-corrected chi connectivity index (χ0v) is 20.1. The molecule has 1 aliphatic carbocycles. The number of hydrogen-bond acceptors (Lipinski definition) is 7. The molecule has 2 aliphatic rings. The molecule has 1 aliphatic heterocycles. The Morgan fingerprint density at radius 3 is 2.87 bits per heavy atom. The smallest absolute Gasteiger partial charge is 0.254 e. The van der Waals surface area contributed by atoms with Crippen LogP contribution in [-0.4, -0.2) is 59.5 Å². The van der Waals surface area contributed by atoms with Crippen molar-refractivity contribution in [3.05, 3.63) is 33.1 Å². The van der Waals surface area contributed by atoms with E-state index in [0.717, 1.165) is 53.5 Å². The summed E-state index contributed by atoms with van der Waals surface area (Å²) in [6, 6.07) is 5.97. The van der Waals surface area contributed by atoms with Crippen LogP contribution in [0.4, 0.5) is 5.82 Å². The van der Waals surface area contributed by atoms with Crippen LogP contribution >= 0.6 is 22.9 Å². The van der Waals surface area contributed by atoms with Crippen LogP contribution in [0.3, 0.4) is 0 Å². The lowest BCUT2D eigenvalue weighted by molar-refractivity contribution is 0.0748. The third-order valence-corrected chi connectivity index (χ3v) is 6.77. The molecule has 170 valence electrons. The van der Waals surface area contributed by atoms with Gasteiger partial charge in [0.15, 0.2) is 0 Å². The predicted molar refractivity (Wildman–Crippen MR) is 125 cm³/mol. The van der Waals surface area contributed by atoms with Gasteiger partial charge in [0.05, 0.1) is 35.3 Å². The van der Waals surface area contributed by atoms with Crippen molar-refractivity contribution in [3.63, 3.8) is 0 Å². The third-order valence-electron chi connectivity index (χ3n) is 5.54. The second kappa shape index (κ2) is 9.58. The van der Waals surface area contributed by atoms with Crippen LogP contribution in [0.1, 0.15) is 55.0 Å². The Morgan fingerprint density at radius 1 is 1.39 bits per heavy atom. The maximum atomic E-state index is 13.1. The highest BCUT2D eigenvalue weighted by molar-refractivity contribution is 7.16. The number of piperazine rings is 1. The molecule has 2 aromatic rings. The summed E-state index contributed by atoms with van der Waals surface area (Å²) in [5.41, 5.74) is 0.357. The number of nitrogens with one attached hydrogen (secondary N) is 2. The minimum absolute atomic E-state index is 0.0315. The first-order valence-corrected chi connectivity index (χ1v) is 12.2. The molecule has 0 radical (unpaired) electrons. The molecule has 0 spiro atoms. The molecule has 4 rings (SSSR count). The van der Waals surface area contributed by atoms with E-state index in [-0.39, 0.29) is 11.9 Å². The van der Waals surface area contributed by atoms with Gasteiger partial charge in [-0.2, -0.15) is 9.78 Å². The number of rotatable bonds is 8. The topological polar surface area (TPSA) is 71.4 Å². The maximum absolute atomic E-state index is 13.1. The van der Waals surface area contributed by atoms with Gasteiger partial charge in [-0.1, -0.05) is 32.4 Å². The van der Waals surface area contributed by atoms with Gasteiger partial charge in [-0.05, 0) is 25.0 Å². The lowest BCUT2D eigenvalue weighted by Gasteiger charge is -2.32. The van der Waals surface area contributed by atoms with Gasteiger partial charge in [0.2, 0.25) is 0 Å². The number of nitrogens with zero attached hydrogens (tertiary/aromatic N) is 3. The Bertz CT molecular complexity index is 902. The lowest BCUT2D eigenvalue weighted by Crippen LogP contribution is -2.47. The Labute approximate surface area is 193 Å². The largest absolute Gasteiger partial charge is 0.377 e. The minimum Gasteiger partial charge on any atom is -0.377 e. The van der Waals surface area contributed by atoms with Crippen LogP contribution in [0.25, 0.3) is 0 Å². The van der Waals surface area contributed by atoms with Gasteiger partial charge < -0.3 is 15.4 Å². The van der Waals surface area contributed by atoms with E-state index in [1.165, 1.54) is 28.9 Å². The van der Waals surface area contributed by atoms with Crippen LogP contribution in [0, 0.1) is 5.41 Å². The Balaban J connectivity index is 1.46. The molecule has 0 bridgehead atoms. The van der Waals surface area contributed by atoms with E-state index in [9.17, 15) is 4.79 Å². The first-order valence-electron chi connectivity index (χ1n) is 11.0. The summed E-state index contributed by atoms with van der Waals surface area (Å²) in [6.45, 7) is 10.8. The Hall–Kier alpha value is -1.45. The second-order valence-electron chi connectivity index (χ2n) is 9.36. The molecule has 31 heavy (non-hydrogen) atoms. The number of carbonyl (C=O) groups excluding carboxylic acids is 1. The van der Waals surface area contributed by atoms with Gasteiger partial charge in [-0.25, -0.2) is 0 Å². The van der Waals surface area contributed by atoms with Crippen molar-refractivity contribution in [3.8, 4) is 0 Å². The second-order valence-corrected chi connectivity index (χ2v) is 11.2. The van der Waals surface area contributed by atoms with Gasteiger partial charge >= 0.3 is 0 Å². The van der Waals surface area contributed by atoms with Crippen molar-refractivity contribution in [2.24, 2.45) is 5.41 Å². The predicted octanol–water partition coefficient (Wildman–Crippen LogP) is 4.02. The molecule has 1 unspecified atom stereocenters. The van der Waals surface area contributed by atoms with Gasteiger partial charge in [0.25, 0.3) is 5.91 Å². The van der Waals surface area contributed by atoms with Gasteiger partial charge in [0, 0.05) is 42.5 Å². The molecule has 1 saturated heterocycles. The number of aromatic nitrogens is 2. The molecule has 1 atom stereocenters. The molecule has 0 amide bonds. The molecule has 9 heteroatoms. The van der Waals surface area contributed by atoms with Crippen molar-refractivity contribution < 1.29 is 9.53 Å². The fourth-order valence-corrected chi connectivity index (χ4v) is 4.62. The fraction of sp³-hybridized carbons (Fsp3) is 0.636. The normalized spacial score (nSPS) is 20.2. The number of halogens is 1. The van der Waals surface area contributed by atoms with E-state index in [2.05, 4.69) is 15.5 Å². The van der Waals surface area contributed by atoms with Crippen LogP contribution in [0.5, 0.6) is 0 Å². The molecule has 1 saturated carbocycles. The van der Waals surface area contributed by atoms with Gasteiger partial charge in [-0.3, -0.25) is 9.69 Å². The van der Waals surface area contributed by atoms with Crippen LogP contribution < -0.4 is 10.6 Å². The van der Waals surface area contributed by atoms with E-state index in [1.54, 1.807) is 0 Å². The van der Waals surface area contributed by atoms with Crippen molar-refractivity contribution in [1.29, 1.82) is 0 Å². The fourth-order valence-electron chi connectivity index (χ4n) is 3.59. The lowest BCUT2D eigenvalue weighted by atomic mass is 9.96. The van der Waals surface area contributed by atoms with E-state index in [0.29, 0.717) is 12.6 Å². The quantitative estimate of drug-likeness (QED) is 0.613. The summed E-state index contributed by atoms with van der Waals surface area (Å²) in [4.78, 5) is 16.6. The highest BCUT2D eigenvalue weighted by atomic mass is 35.5.